The SMILES string of the molecule is CN=C(NCc1cc(OC)c(OC)c(OC)c1)N1CC(C)CC(C)C1.I. The van der Waals surface area contributed by atoms with Gasteiger partial charge in [0, 0.05) is 26.7 Å². The molecule has 1 saturated heterocycles. The summed E-state index contributed by atoms with van der Waals surface area (Å²) in [7, 11) is 6.70. The molecule has 1 aliphatic rings. The molecule has 1 N–H and O–H groups in total. The predicted molar refractivity (Wildman–Crippen MR) is 116 cm³/mol. The van der Waals surface area contributed by atoms with Crippen LogP contribution in [0.25, 0.3) is 0 Å². The summed E-state index contributed by atoms with van der Waals surface area (Å²) in [6.45, 7) is 7.32. The fourth-order valence-electron chi connectivity index (χ4n) is 3.59. The molecule has 1 heterocycles. The molecule has 0 aliphatic carbocycles. The molecule has 1 aliphatic heterocycles. The van der Waals surface area contributed by atoms with Gasteiger partial charge >= 0.3 is 0 Å². The number of likely N-dealkylation sites (tertiary alicyclic amines) is 1. The summed E-state index contributed by atoms with van der Waals surface area (Å²) in [5.41, 5.74) is 1.05. The quantitative estimate of drug-likeness (QED) is 0.401. The number of methoxy groups -OCH3 is 3. The van der Waals surface area contributed by atoms with Crippen LogP contribution in [0.3, 0.4) is 0 Å². The van der Waals surface area contributed by atoms with Gasteiger partial charge in [0.1, 0.15) is 0 Å². The number of aliphatic imine (C=N–C) groups is 1. The van der Waals surface area contributed by atoms with E-state index in [0.717, 1.165) is 24.6 Å². The zero-order valence-electron chi connectivity index (χ0n) is 16.7. The summed E-state index contributed by atoms with van der Waals surface area (Å²) in [5.74, 6) is 4.23. The highest BCUT2D eigenvalue weighted by atomic mass is 127. The van der Waals surface area contributed by atoms with Crippen molar-refractivity contribution in [1.82, 2.24) is 10.2 Å². The van der Waals surface area contributed by atoms with Crippen LogP contribution < -0.4 is 19.5 Å². The van der Waals surface area contributed by atoms with Crippen molar-refractivity contribution in [2.45, 2.75) is 26.8 Å². The standard InChI is InChI=1S/C19H31N3O3.HI/c1-13-7-14(2)12-22(11-13)19(20-3)21-10-15-8-16(23-4)18(25-6)17(9-15)24-5;/h8-9,13-14H,7,10-12H2,1-6H3,(H,20,21);1H. The molecule has 2 unspecified atom stereocenters. The predicted octanol–water partition coefficient (Wildman–Crippen LogP) is 3.38. The lowest BCUT2D eigenvalue weighted by atomic mass is 9.92. The highest BCUT2D eigenvalue weighted by Gasteiger charge is 2.24. The fraction of sp³-hybridized carbons (Fsp3) is 0.632. The lowest BCUT2D eigenvalue weighted by Gasteiger charge is -2.37. The average molecular weight is 477 g/mol. The third-order valence-electron chi connectivity index (χ3n) is 4.56. The second kappa shape index (κ2) is 10.7. The van der Waals surface area contributed by atoms with E-state index in [1.807, 2.05) is 19.2 Å². The number of ether oxygens (including phenoxy) is 3. The van der Waals surface area contributed by atoms with Crippen LogP contribution in [0.15, 0.2) is 17.1 Å². The number of hydrogen-bond donors (Lipinski definition) is 1. The smallest absolute Gasteiger partial charge is 0.203 e. The Bertz CT molecular complexity index is 575. The first-order valence-electron chi connectivity index (χ1n) is 8.76. The normalized spacial score (nSPS) is 20.2. The molecule has 2 rings (SSSR count). The van der Waals surface area contributed by atoms with E-state index in [1.54, 1.807) is 21.3 Å². The maximum absolute atomic E-state index is 5.42. The van der Waals surface area contributed by atoms with Gasteiger partial charge in [-0.05, 0) is 36.0 Å². The van der Waals surface area contributed by atoms with Crippen LogP contribution >= 0.6 is 24.0 Å². The Labute approximate surface area is 174 Å². The Kier molecular flexibility index (Phi) is 9.32. The second-order valence-corrected chi connectivity index (χ2v) is 6.79. The van der Waals surface area contributed by atoms with E-state index in [0.29, 0.717) is 35.6 Å². The Morgan fingerprint density at radius 3 is 2.04 bits per heavy atom. The third kappa shape index (κ3) is 5.56. The zero-order chi connectivity index (χ0) is 18.4. The van der Waals surface area contributed by atoms with Gasteiger partial charge in [-0.1, -0.05) is 13.8 Å². The molecular weight excluding hydrogens is 445 g/mol. The van der Waals surface area contributed by atoms with Gasteiger partial charge < -0.3 is 24.4 Å². The molecule has 0 bridgehead atoms. The first kappa shape index (κ1) is 22.7. The molecule has 26 heavy (non-hydrogen) atoms. The molecule has 2 atom stereocenters. The highest BCUT2D eigenvalue weighted by Crippen LogP contribution is 2.38. The average Bonchev–Trinajstić information content (AvgIpc) is 2.60. The molecule has 0 saturated carbocycles. The number of rotatable bonds is 5. The lowest BCUT2D eigenvalue weighted by molar-refractivity contribution is 0.208. The van der Waals surface area contributed by atoms with Crippen molar-refractivity contribution in [3.8, 4) is 17.2 Å². The van der Waals surface area contributed by atoms with Crippen molar-refractivity contribution >= 4 is 29.9 Å². The van der Waals surface area contributed by atoms with Crippen LogP contribution in [0, 0.1) is 11.8 Å². The van der Waals surface area contributed by atoms with E-state index in [-0.39, 0.29) is 24.0 Å². The molecule has 0 amide bonds. The summed E-state index contributed by atoms with van der Waals surface area (Å²) < 4.78 is 16.2. The first-order chi connectivity index (χ1) is 12.0. The van der Waals surface area contributed by atoms with Gasteiger partial charge in [-0.3, -0.25) is 4.99 Å². The minimum atomic E-state index is 0. The minimum absolute atomic E-state index is 0. The molecule has 6 nitrogen and oxygen atoms in total. The van der Waals surface area contributed by atoms with E-state index in [1.165, 1.54) is 6.42 Å². The molecule has 1 fully saturated rings. The Morgan fingerprint density at radius 2 is 1.62 bits per heavy atom. The van der Waals surface area contributed by atoms with Crippen molar-refractivity contribution < 1.29 is 14.2 Å². The highest BCUT2D eigenvalue weighted by molar-refractivity contribution is 14.0. The van der Waals surface area contributed by atoms with E-state index in [9.17, 15) is 0 Å². The van der Waals surface area contributed by atoms with Gasteiger partial charge in [0.15, 0.2) is 17.5 Å². The first-order valence-corrected chi connectivity index (χ1v) is 8.76. The summed E-state index contributed by atoms with van der Waals surface area (Å²) in [6, 6.07) is 3.92. The topological polar surface area (TPSA) is 55.3 Å². The second-order valence-electron chi connectivity index (χ2n) is 6.79. The van der Waals surface area contributed by atoms with Crippen LogP contribution in [0.5, 0.6) is 17.2 Å². The molecule has 0 aromatic heterocycles. The van der Waals surface area contributed by atoms with Crippen LogP contribution in [0.4, 0.5) is 0 Å². The zero-order valence-corrected chi connectivity index (χ0v) is 19.0. The van der Waals surface area contributed by atoms with Crippen molar-refractivity contribution in [2.75, 3.05) is 41.5 Å². The van der Waals surface area contributed by atoms with Gasteiger partial charge in [0.25, 0.3) is 0 Å². The van der Waals surface area contributed by atoms with Gasteiger partial charge in [-0.15, -0.1) is 24.0 Å². The molecule has 0 radical (unpaired) electrons. The maximum Gasteiger partial charge on any atom is 0.203 e. The van der Waals surface area contributed by atoms with Gasteiger partial charge in [-0.2, -0.15) is 0 Å². The number of hydrogen-bond acceptors (Lipinski definition) is 4. The number of piperidine rings is 1. The summed E-state index contributed by atoms with van der Waals surface area (Å²) in [6.07, 6.45) is 1.28. The fourth-order valence-corrected chi connectivity index (χ4v) is 3.59. The molecule has 1 aromatic carbocycles. The molecule has 7 heteroatoms. The van der Waals surface area contributed by atoms with Gasteiger partial charge in [0.05, 0.1) is 21.3 Å². The molecule has 148 valence electrons. The van der Waals surface area contributed by atoms with Crippen LogP contribution in [-0.4, -0.2) is 52.3 Å². The van der Waals surface area contributed by atoms with E-state index < -0.39 is 0 Å². The van der Waals surface area contributed by atoms with E-state index in [4.69, 9.17) is 14.2 Å². The molecule has 1 aromatic rings. The third-order valence-corrected chi connectivity index (χ3v) is 4.56. The summed E-state index contributed by atoms with van der Waals surface area (Å²) in [4.78, 5) is 6.80. The van der Waals surface area contributed by atoms with Crippen LogP contribution in [0.1, 0.15) is 25.8 Å². The number of nitrogens with one attached hydrogen (secondary N) is 1. The number of nitrogens with zero attached hydrogens (tertiary/aromatic N) is 2. The van der Waals surface area contributed by atoms with E-state index >= 15 is 0 Å². The van der Waals surface area contributed by atoms with Gasteiger partial charge in [0.2, 0.25) is 5.75 Å². The monoisotopic (exact) mass is 477 g/mol. The number of guanidine groups is 1. The molecule has 0 spiro atoms. The Hall–Kier alpha value is -1.38. The number of halogens is 1. The van der Waals surface area contributed by atoms with E-state index in [2.05, 4.69) is 29.1 Å². The lowest BCUT2D eigenvalue weighted by Crippen LogP contribution is -2.48. The molecular formula is C19H32IN3O3. The van der Waals surface area contributed by atoms with Gasteiger partial charge in [-0.25, -0.2) is 0 Å². The maximum atomic E-state index is 5.42. The summed E-state index contributed by atoms with van der Waals surface area (Å²) >= 11 is 0. The summed E-state index contributed by atoms with van der Waals surface area (Å²) in [5, 5.41) is 3.46. The van der Waals surface area contributed by atoms with Crippen molar-refractivity contribution in [3.63, 3.8) is 0 Å². The largest absolute Gasteiger partial charge is 0.493 e. The Balaban J connectivity index is 0.00000338. The van der Waals surface area contributed by atoms with Crippen molar-refractivity contribution in [3.05, 3.63) is 17.7 Å². The minimum Gasteiger partial charge on any atom is -0.493 e. The van der Waals surface area contributed by atoms with Crippen LogP contribution in [-0.2, 0) is 6.54 Å². The number of benzene rings is 1. The van der Waals surface area contributed by atoms with Crippen LogP contribution in [0.2, 0.25) is 0 Å². The Morgan fingerprint density at radius 1 is 1.08 bits per heavy atom. The van der Waals surface area contributed by atoms with Crippen molar-refractivity contribution in [2.24, 2.45) is 16.8 Å². The van der Waals surface area contributed by atoms with Crippen molar-refractivity contribution in [1.29, 1.82) is 0 Å².